The van der Waals surface area contributed by atoms with E-state index in [4.69, 9.17) is 4.74 Å². The molecule has 0 aromatic carbocycles. The summed E-state index contributed by atoms with van der Waals surface area (Å²) in [6, 6.07) is 0. The zero-order valence-electron chi connectivity index (χ0n) is 15.7. The predicted octanol–water partition coefficient (Wildman–Crippen LogP) is 4.49. The predicted molar refractivity (Wildman–Crippen MR) is 101 cm³/mol. The van der Waals surface area contributed by atoms with Gasteiger partial charge in [0.25, 0.3) is 0 Å². The smallest absolute Gasteiger partial charge is 0.305 e. The lowest BCUT2D eigenvalue weighted by Crippen LogP contribution is -2.16. The second kappa shape index (κ2) is 13.9. The van der Waals surface area contributed by atoms with Crippen molar-refractivity contribution in [2.45, 2.75) is 83.0 Å². The molecule has 1 saturated heterocycles. The topological polar surface area (TPSA) is 59.1 Å². The van der Waals surface area contributed by atoms with Crippen LogP contribution in [0, 0.1) is 0 Å². The molecule has 0 aromatic heterocycles. The van der Waals surface area contributed by atoms with Gasteiger partial charge in [0.2, 0.25) is 0 Å². The number of hydrogen-bond donors (Lipinski definition) is 1. The van der Waals surface area contributed by atoms with E-state index in [1.165, 1.54) is 20.0 Å². The van der Waals surface area contributed by atoms with Gasteiger partial charge < -0.3 is 14.6 Å². The molecule has 4 nitrogen and oxygen atoms in total. The van der Waals surface area contributed by atoms with Crippen LogP contribution in [0.4, 0.5) is 0 Å². The first kappa shape index (κ1) is 21.7. The minimum atomic E-state index is -0.318. The maximum atomic E-state index is 10.9. The van der Waals surface area contributed by atoms with Crippen molar-refractivity contribution in [2.24, 2.45) is 0 Å². The largest absolute Gasteiger partial charge is 0.469 e. The number of carbonyl (C=O) groups excluding carboxylic acids is 1. The average Bonchev–Trinajstić information content (AvgIpc) is 3.39. The zero-order valence-corrected chi connectivity index (χ0v) is 15.7. The fraction of sp³-hybridized carbons (Fsp3) is 0.667. The first-order valence-electron chi connectivity index (χ1n) is 9.56. The van der Waals surface area contributed by atoms with Crippen LogP contribution in [0.5, 0.6) is 0 Å². The molecule has 0 unspecified atom stereocenters. The third-order valence-electron chi connectivity index (χ3n) is 4.23. The van der Waals surface area contributed by atoms with Gasteiger partial charge in [-0.25, -0.2) is 0 Å². The van der Waals surface area contributed by atoms with Gasteiger partial charge in [-0.3, -0.25) is 4.79 Å². The highest BCUT2D eigenvalue weighted by Crippen LogP contribution is 2.29. The summed E-state index contributed by atoms with van der Waals surface area (Å²) in [5, 5.41) is 9.99. The molecule has 1 rings (SSSR count). The summed E-state index contributed by atoms with van der Waals surface area (Å²) in [5.41, 5.74) is 0. The Balaban J connectivity index is 1.99. The van der Waals surface area contributed by atoms with Gasteiger partial charge >= 0.3 is 5.97 Å². The zero-order chi connectivity index (χ0) is 18.3. The van der Waals surface area contributed by atoms with Crippen LogP contribution in [0.25, 0.3) is 0 Å². The Morgan fingerprint density at radius 1 is 1.12 bits per heavy atom. The monoisotopic (exact) mass is 350 g/mol. The summed E-state index contributed by atoms with van der Waals surface area (Å²) >= 11 is 0. The number of carbonyl (C=O) groups is 1. The third kappa shape index (κ3) is 11.0. The second-order valence-electron chi connectivity index (χ2n) is 6.44. The maximum absolute atomic E-state index is 10.9. The quantitative estimate of drug-likeness (QED) is 0.217. The van der Waals surface area contributed by atoms with Crippen LogP contribution in [0.15, 0.2) is 36.5 Å². The number of ether oxygens (including phenoxy) is 2. The van der Waals surface area contributed by atoms with Crippen LogP contribution < -0.4 is 0 Å². The number of allylic oxidation sites excluding steroid dienone is 5. The summed E-state index contributed by atoms with van der Waals surface area (Å²) in [7, 11) is 1.42. The van der Waals surface area contributed by atoms with Crippen LogP contribution in [0.2, 0.25) is 0 Å². The van der Waals surface area contributed by atoms with Crippen LogP contribution in [-0.4, -0.2) is 36.5 Å². The molecule has 1 aliphatic rings. The fourth-order valence-corrected chi connectivity index (χ4v) is 2.61. The highest BCUT2D eigenvalue weighted by molar-refractivity contribution is 5.69. The van der Waals surface area contributed by atoms with E-state index < -0.39 is 0 Å². The highest BCUT2D eigenvalue weighted by atomic mass is 16.6. The molecule has 142 valence electrons. The molecular formula is C21H34O4. The minimum Gasteiger partial charge on any atom is -0.469 e. The van der Waals surface area contributed by atoms with Crippen molar-refractivity contribution < 1.29 is 19.4 Å². The molecule has 1 heterocycles. The van der Waals surface area contributed by atoms with Gasteiger partial charge in [0.15, 0.2) is 0 Å². The Hall–Kier alpha value is -1.39. The van der Waals surface area contributed by atoms with Crippen LogP contribution in [0.3, 0.4) is 0 Å². The Kier molecular flexibility index (Phi) is 12.0. The molecular weight excluding hydrogens is 316 g/mol. The molecule has 0 aliphatic carbocycles. The van der Waals surface area contributed by atoms with E-state index in [1.807, 2.05) is 0 Å². The van der Waals surface area contributed by atoms with E-state index in [0.29, 0.717) is 6.42 Å². The van der Waals surface area contributed by atoms with Gasteiger partial charge in [-0.15, -0.1) is 0 Å². The van der Waals surface area contributed by atoms with Crippen LogP contribution in [0.1, 0.15) is 64.7 Å². The normalized spacial score (nSPS) is 21.4. The van der Waals surface area contributed by atoms with Gasteiger partial charge in [-0.1, -0.05) is 62.6 Å². The SMILES string of the molecule is CCCCC[C@H](O)[C@H]1O[C@H]1/C=C\C/C=C\C/C=C\CCCC(=O)OC. The number of methoxy groups -OCH3 is 1. The van der Waals surface area contributed by atoms with Gasteiger partial charge in [-0.05, 0) is 32.1 Å². The maximum Gasteiger partial charge on any atom is 0.305 e. The van der Waals surface area contributed by atoms with Crippen molar-refractivity contribution in [2.75, 3.05) is 7.11 Å². The molecule has 0 spiro atoms. The van der Waals surface area contributed by atoms with E-state index in [2.05, 4.69) is 48.1 Å². The van der Waals surface area contributed by atoms with Gasteiger partial charge in [-0.2, -0.15) is 0 Å². The molecule has 0 radical (unpaired) electrons. The number of aliphatic hydroxyl groups is 1. The summed E-state index contributed by atoms with van der Waals surface area (Å²) in [5.74, 6) is -0.143. The molecule has 1 N–H and O–H groups in total. The van der Waals surface area contributed by atoms with Gasteiger partial charge in [0.1, 0.15) is 12.2 Å². The van der Waals surface area contributed by atoms with E-state index in [0.717, 1.165) is 38.5 Å². The first-order chi connectivity index (χ1) is 12.2. The van der Waals surface area contributed by atoms with Crippen LogP contribution in [-0.2, 0) is 14.3 Å². The van der Waals surface area contributed by atoms with Gasteiger partial charge in [0, 0.05) is 6.42 Å². The summed E-state index contributed by atoms with van der Waals surface area (Å²) < 4.78 is 10.1. The van der Waals surface area contributed by atoms with E-state index in [9.17, 15) is 9.90 Å². The molecule has 0 saturated carbocycles. The minimum absolute atomic E-state index is 0.00464. The van der Waals surface area contributed by atoms with E-state index in [-0.39, 0.29) is 24.3 Å². The van der Waals surface area contributed by atoms with E-state index in [1.54, 1.807) is 0 Å². The molecule has 1 aliphatic heterocycles. The van der Waals surface area contributed by atoms with Crippen molar-refractivity contribution >= 4 is 5.97 Å². The van der Waals surface area contributed by atoms with E-state index >= 15 is 0 Å². The number of unbranched alkanes of at least 4 members (excludes halogenated alkanes) is 3. The third-order valence-corrected chi connectivity index (χ3v) is 4.23. The number of aliphatic hydroxyl groups excluding tert-OH is 1. The summed E-state index contributed by atoms with van der Waals surface area (Å²) in [4.78, 5) is 10.9. The highest BCUT2D eigenvalue weighted by Gasteiger charge is 2.41. The van der Waals surface area contributed by atoms with Gasteiger partial charge in [0.05, 0.1) is 13.2 Å². The molecule has 0 aromatic rings. The average molecular weight is 350 g/mol. The molecule has 1 fully saturated rings. The van der Waals surface area contributed by atoms with Crippen molar-refractivity contribution in [3.05, 3.63) is 36.5 Å². The summed E-state index contributed by atoms with van der Waals surface area (Å²) in [6.07, 6.45) is 20.7. The lowest BCUT2D eigenvalue weighted by molar-refractivity contribution is -0.140. The molecule has 0 amide bonds. The van der Waals surface area contributed by atoms with Crippen LogP contribution >= 0.6 is 0 Å². The Morgan fingerprint density at radius 3 is 2.56 bits per heavy atom. The molecule has 0 bridgehead atoms. The molecule has 3 atom stereocenters. The Labute approximate surface area is 152 Å². The first-order valence-corrected chi connectivity index (χ1v) is 9.56. The molecule has 4 heteroatoms. The van der Waals surface area contributed by atoms with Crippen molar-refractivity contribution in [1.82, 2.24) is 0 Å². The molecule has 25 heavy (non-hydrogen) atoms. The Bertz CT molecular complexity index is 439. The number of hydrogen-bond acceptors (Lipinski definition) is 4. The standard InChI is InChI=1S/C21H34O4/c1-3-4-12-15-18(22)21-19(25-21)16-13-10-8-6-5-7-9-11-14-17-20(23)24-2/h6-9,13,16,18-19,21-22H,3-5,10-12,14-15,17H2,1-2H3/b8-6-,9-7-,16-13-/t18-,19-,21+/m0/s1. The Morgan fingerprint density at radius 2 is 1.84 bits per heavy atom. The van der Waals surface area contributed by atoms with Crippen molar-refractivity contribution in [3.8, 4) is 0 Å². The number of rotatable bonds is 14. The lowest BCUT2D eigenvalue weighted by Gasteiger charge is -2.05. The number of esters is 1. The fourth-order valence-electron chi connectivity index (χ4n) is 2.61. The number of epoxide rings is 1. The van der Waals surface area contributed by atoms with Crippen molar-refractivity contribution in [3.63, 3.8) is 0 Å². The lowest BCUT2D eigenvalue weighted by atomic mass is 10.1. The van der Waals surface area contributed by atoms with Crippen molar-refractivity contribution in [1.29, 1.82) is 0 Å². The second-order valence-corrected chi connectivity index (χ2v) is 6.44. The summed E-state index contributed by atoms with van der Waals surface area (Å²) in [6.45, 7) is 2.17.